The van der Waals surface area contributed by atoms with E-state index < -0.39 is 0 Å². The molecule has 94 valence electrons. The summed E-state index contributed by atoms with van der Waals surface area (Å²) in [4.78, 5) is 12.1. The third kappa shape index (κ3) is 2.99. The van der Waals surface area contributed by atoms with Crippen LogP contribution in [-0.2, 0) is 6.42 Å². The summed E-state index contributed by atoms with van der Waals surface area (Å²) in [6, 6.07) is 3.74. The quantitative estimate of drug-likeness (QED) is 0.593. The Morgan fingerprint density at radius 2 is 2.06 bits per heavy atom. The van der Waals surface area contributed by atoms with Crippen molar-refractivity contribution < 1.29 is 4.74 Å². The number of nitrogens with zero attached hydrogens (tertiary/aromatic N) is 3. The van der Waals surface area contributed by atoms with Crippen LogP contribution in [0.2, 0.25) is 0 Å². The van der Waals surface area contributed by atoms with Crippen LogP contribution in [0.1, 0.15) is 17.2 Å². The number of methoxy groups -OCH3 is 1. The first kappa shape index (κ1) is 12.4. The van der Waals surface area contributed by atoms with Crippen LogP contribution in [0.15, 0.2) is 37.1 Å². The first-order valence-corrected chi connectivity index (χ1v) is 5.53. The molecule has 0 saturated heterocycles. The van der Waals surface area contributed by atoms with E-state index >= 15 is 0 Å². The molecule has 6 nitrogen and oxygen atoms in total. The van der Waals surface area contributed by atoms with Crippen molar-refractivity contribution in [3.8, 4) is 5.88 Å². The van der Waals surface area contributed by atoms with Crippen LogP contribution >= 0.6 is 0 Å². The number of aromatic nitrogens is 3. The van der Waals surface area contributed by atoms with Gasteiger partial charge in [0, 0.05) is 30.2 Å². The molecular formula is C12H15N5O. The molecule has 1 atom stereocenters. The van der Waals surface area contributed by atoms with Crippen LogP contribution in [0.3, 0.4) is 0 Å². The van der Waals surface area contributed by atoms with Gasteiger partial charge >= 0.3 is 0 Å². The smallest absolute Gasteiger partial charge is 0.212 e. The second-order valence-electron chi connectivity index (χ2n) is 3.80. The zero-order valence-corrected chi connectivity index (χ0v) is 10.1. The molecule has 1 unspecified atom stereocenters. The highest BCUT2D eigenvalue weighted by Gasteiger charge is 2.11. The highest BCUT2D eigenvalue weighted by Crippen LogP contribution is 2.16. The summed E-state index contributed by atoms with van der Waals surface area (Å²) in [6.45, 7) is 0. The molecular weight excluding hydrogens is 230 g/mol. The minimum Gasteiger partial charge on any atom is -0.481 e. The third-order valence-electron chi connectivity index (χ3n) is 2.63. The molecule has 0 amide bonds. The Morgan fingerprint density at radius 1 is 1.28 bits per heavy atom. The van der Waals surface area contributed by atoms with Crippen molar-refractivity contribution in [3.63, 3.8) is 0 Å². The Hall–Kier alpha value is -2.05. The first-order valence-electron chi connectivity index (χ1n) is 5.53. The Labute approximate surface area is 105 Å². The van der Waals surface area contributed by atoms with Gasteiger partial charge < -0.3 is 4.74 Å². The fourth-order valence-electron chi connectivity index (χ4n) is 1.65. The number of rotatable bonds is 5. The lowest BCUT2D eigenvalue weighted by Gasteiger charge is -2.15. The average molecular weight is 245 g/mol. The van der Waals surface area contributed by atoms with E-state index in [4.69, 9.17) is 10.6 Å². The zero-order chi connectivity index (χ0) is 12.8. The lowest BCUT2D eigenvalue weighted by molar-refractivity contribution is 0.397. The molecule has 2 heterocycles. The minimum absolute atomic E-state index is 0.0404. The van der Waals surface area contributed by atoms with Crippen molar-refractivity contribution in [1.29, 1.82) is 0 Å². The van der Waals surface area contributed by atoms with Crippen molar-refractivity contribution in [3.05, 3.63) is 48.2 Å². The van der Waals surface area contributed by atoms with Gasteiger partial charge in [-0.15, -0.1) is 0 Å². The SMILES string of the molecule is COc1ccc(CC(NN)c2cncnc2)cn1. The van der Waals surface area contributed by atoms with Gasteiger partial charge in [-0.2, -0.15) is 0 Å². The number of nitrogens with one attached hydrogen (secondary N) is 1. The number of nitrogens with two attached hydrogens (primary N) is 1. The van der Waals surface area contributed by atoms with E-state index in [1.165, 1.54) is 6.33 Å². The maximum Gasteiger partial charge on any atom is 0.212 e. The number of hydrazine groups is 1. The monoisotopic (exact) mass is 245 g/mol. The van der Waals surface area contributed by atoms with E-state index in [-0.39, 0.29) is 6.04 Å². The summed E-state index contributed by atoms with van der Waals surface area (Å²) < 4.78 is 5.01. The van der Waals surface area contributed by atoms with Crippen LogP contribution in [0.5, 0.6) is 5.88 Å². The van der Waals surface area contributed by atoms with Crippen molar-refractivity contribution >= 4 is 0 Å². The summed E-state index contributed by atoms with van der Waals surface area (Å²) in [5, 5.41) is 0. The normalized spacial score (nSPS) is 12.1. The highest BCUT2D eigenvalue weighted by atomic mass is 16.5. The Balaban J connectivity index is 2.10. The maximum absolute atomic E-state index is 5.56. The summed E-state index contributed by atoms with van der Waals surface area (Å²) >= 11 is 0. The molecule has 0 aliphatic heterocycles. The molecule has 0 radical (unpaired) electrons. The molecule has 0 aliphatic rings. The summed E-state index contributed by atoms with van der Waals surface area (Å²) in [7, 11) is 1.59. The van der Waals surface area contributed by atoms with Gasteiger partial charge in [-0.25, -0.2) is 15.0 Å². The van der Waals surface area contributed by atoms with Gasteiger partial charge in [0.15, 0.2) is 0 Å². The topological polar surface area (TPSA) is 86.0 Å². The van der Waals surface area contributed by atoms with Crippen molar-refractivity contribution in [2.24, 2.45) is 5.84 Å². The predicted molar refractivity (Wildman–Crippen MR) is 66.6 cm³/mol. The van der Waals surface area contributed by atoms with Crippen LogP contribution in [0.25, 0.3) is 0 Å². The Morgan fingerprint density at radius 3 is 2.61 bits per heavy atom. The van der Waals surface area contributed by atoms with Crippen LogP contribution in [-0.4, -0.2) is 22.1 Å². The zero-order valence-electron chi connectivity index (χ0n) is 10.1. The van der Waals surface area contributed by atoms with E-state index in [1.54, 1.807) is 25.7 Å². The fraction of sp³-hybridized carbons (Fsp3) is 0.250. The molecule has 0 bridgehead atoms. The van der Waals surface area contributed by atoms with Gasteiger partial charge in [-0.05, 0) is 12.0 Å². The number of hydrogen-bond donors (Lipinski definition) is 2. The predicted octanol–water partition coefficient (Wildman–Crippen LogP) is 0.627. The molecule has 6 heteroatoms. The highest BCUT2D eigenvalue weighted by molar-refractivity contribution is 5.21. The standard InChI is InChI=1S/C12H15N5O/c1-18-12-3-2-9(5-16-12)4-11(17-13)10-6-14-8-15-7-10/h2-3,5-8,11,17H,4,13H2,1H3. The van der Waals surface area contributed by atoms with Gasteiger partial charge in [-0.3, -0.25) is 11.3 Å². The van der Waals surface area contributed by atoms with Gasteiger partial charge in [0.2, 0.25) is 5.88 Å². The number of pyridine rings is 1. The second kappa shape index (κ2) is 6.04. The van der Waals surface area contributed by atoms with Crippen molar-refractivity contribution in [1.82, 2.24) is 20.4 Å². The van der Waals surface area contributed by atoms with Crippen LogP contribution in [0.4, 0.5) is 0 Å². The van der Waals surface area contributed by atoms with Crippen molar-refractivity contribution in [2.75, 3.05) is 7.11 Å². The summed E-state index contributed by atoms with van der Waals surface area (Å²) in [5.74, 6) is 6.15. The molecule has 2 rings (SSSR count). The molecule has 18 heavy (non-hydrogen) atoms. The van der Waals surface area contributed by atoms with E-state index in [1.807, 2.05) is 12.1 Å². The Kier molecular flexibility index (Phi) is 4.16. The molecule has 3 N–H and O–H groups in total. The van der Waals surface area contributed by atoms with E-state index in [9.17, 15) is 0 Å². The lowest BCUT2D eigenvalue weighted by Crippen LogP contribution is -2.29. The lowest BCUT2D eigenvalue weighted by atomic mass is 10.0. The van der Waals surface area contributed by atoms with Gasteiger partial charge in [0.25, 0.3) is 0 Å². The largest absolute Gasteiger partial charge is 0.481 e. The second-order valence-corrected chi connectivity index (χ2v) is 3.80. The van der Waals surface area contributed by atoms with Crippen LogP contribution in [0, 0.1) is 0 Å². The molecule has 0 fully saturated rings. The van der Waals surface area contributed by atoms with E-state index in [2.05, 4.69) is 20.4 Å². The number of hydrogen-bond acceptors (Lipinski definition) is 6. The molecule has 2 aromatic rings. The maximum atomic E-state index is 5.56. The van der Waals surface area contributed by atoms with E-state index in [0.717, 1.165) is 11.1 Å². The van der Waals surface area contributed by atoms with Gasteiger partial charge in [0.05, 0.1) is 13.2 Å². The first-order chi connectivity index (χ1) is 8.83. The summed E-state index contributed by atoms with van der Waals surface area (Å²) in [5.41, 5.74) is 4.75. The third-order valence-corrected chi connectivity index (χ3v) is 2.63. The fourth-order valence-corrected chi connectivity index (χ4v) is 1.65. The van der Waals surface area contributed by atoms with Gasteiger partial charge in [0.1, 0.15) is 6.33 Å². The molecule has 2 aromatic heterocycles. The molecule has 0 spiro atoms. The van der Waals surface area contributed by atoms with Crippen molar-refractivity contribution in [2.45, 2.75) is 12.5 Å². The molecule has 0 saturated carbocycles. The summed E-state index contributed by atoms with van der Waals surface area (Å²) in [6.07, 6.45) is 7.46. The Bertz CT molecular complexity index is 474. The molecule has 0 aliphatic carbocycles. The number of ether oxygens (including phenoxy) is 1. The minimum atomic E-state index is -0.0404. The van der Waals surface area contributed by atoms with Crippen LogP contribution < -0.4 is 16.0 Å². The molecule has 0 aromatic carbocycles. The average Bonchev–Trinajstić information content (AvgIpc) is 2.46. The van der Waals surface area contributed by atoms with E-state index in [0.29, 0.717) is 12.3 Å². The van der Waals surface area contributed by atoms with Gasteiger partial charge in [-0.1, -0.05) is 6.07 Å².